The van der Waals surface area contributed by atoms with Gasteiger partial charge in [0.1, 0.15) is 0 Å². The van der Waals surface area contributed by atoms with Crippen LogP contribution in [0, 0.1) is 6.92 Å². The van der Waals surface area contributed by atoms with E-state index < -0.39 is 5.97 Å². The summed E-state index contributed by atoms with van der Waals surface area (Å²) >= 11 is 0. The Kier molecular flexibility index (Phi) is 3.09. The number of nitrogens with zero attached hydrogens (tertiary/aromatic N) is 1. The first-order valence-corrected chi connectivity index (χ1v) is 6.13. The molecule has 1 N–H and O–H groups in total. The molecular formula is C14H19NO2. The summed E-state index contributed by atoms with van der Waals surface area (Å²) in [6.07, 6.45) is 2.36. The molecule has 0 spiro atoms. The summed E-state index contributed by atoms with van der Waals surface area (Å²) in [6.45, 7) is 6.45. The molecule has 1 aromatic carbocycles. The van der Waals surface area contributed by atoms with Gasteiger partial charge in [-0.25, -0.2) is 4.79 Å². The van der Waals surface area contributed by atoms with E-state index in [-0.39, 0.29) is 0 Å². The summed E-state index contributed by atoms with van der Waals surface area (Å²) in [6, 6.07) is 6.36. The monoisotopic (exact) mass is 233 g/mol. The van der Waals surface area contributed by atoms with Crippen LogP contribution in [0.25, 0.3) is 0 Å². The van der Waals surface area contributed by atoms with Crippen LogP contribution < -0.4 is 4.90 Å². The van der Waals surface area contributed by atoms with Gasteiger partial charge < -0.3 is 10.0 Å². The van der Waals surface area contributed by atoms with Crippen molar-refractivity contribution in [3.8, 4) is 0 Å². The minimum absolute atomic E-state index is 0.372. The lowest BCUT2D eigenvalue weighted by molar-refractivity contribution is 0.0697. The SMILES string of the molecule is Cc1ccc(C(=O)O)cc1N1[C@H](C)CC[C@@H]1C. The van der Waals surface area contributed by atoms with Gasteiger partial charge in [0, 0.05) is 17.8 Å². The number of aromatic carboxylic acids is 1. The first kappa shape index (κ1) is 12.0. The summed E-state index contributed by atoms with van der Waals surface area (Å²) in [4.78, 5) is 13.4. The van der Waals surface area contributed by atoms with Crippen LogP contribution in [0.3, 0.4) is 0 Å². The lowest BCUT2D eigenvalue weighted by Gasteiger charge is -2.30. The van der Waals surface area contributed by atoms with Crippen LogP contribution in [0.4, 0.5) is 5.69 Å². The Balaban J connectivity index is 2.43. The molecule has 1 heterocycles. The van der Waals surface area contributed by atoms with E-state index in [1.54, 1.807) is 12.1 Å². The maximum absolute atomic E-state index is 11.0. The van der Waals surface area contributed by atoms with Gasteiger partial charge >= 0.3 is 5.97 Å². The molecule has 2 rings (SSSR count). The van der Waals surface area contributed by atoms with Crippen molar-refractivity contribution < 1.29 is 9.90 Å². The van der Waals surface area contributed by atoms with E-state index in [2.05, 4.69) is 18.7 Å². The van der Waals surface area contributed by atoms with Crippen molar-refractivity contribution in [3.05, 3.63) is 29.3 Å². The molecule has 1 fully saturated rings. The lowest BCUT2D eigenvalue weighted by Crippen LogP contribution is -2.33. The normalized spacial score (nSPS) is 24.1. The highest BCUT2D eigenvalue weighted by Gasteiger charge is 2.28. The van der Waals surface area contributed by atoms with Crippen LogP contribution >= 0.6 is 0 Å². The van der Waals surface area contributed by atoms with Gasteiger partial charge in [0.05, 0.1) is 5.56 Å². The van der Waals surface area contributed by atoms with Crippen molar-refractivity contribution in [3.63, 3.8) is 0 Å². The van der Waals surface area contributed by atoms with Crippen molar-refractivity contribution in [1.82, 2.24) is 0 Å². The summed E-state index contributed by atoms with van der Waals surface area (Å²) in [5.41, 5.74) is 2.59. The molecule has 0 radical (unpaired) electrons. The van der Waals surface area contributed by atoms with Crippen molar-refractivity contribution in [2.45, 2.75) is 45.7 Å². The summed E-state index contributed by atoms with van der Waals surface area (Å²) in [5.74, 6) is -0.856. The molecule has 17 heavy (non-hydrogen) atoms. The molecule has 0 saturated carbocycles. The predicted molar refractivity (Wildman–Crippen MR) is 68.8 cm³/mol. The van der Waals surface area contributed by atoms with Crippen LogP contribution in [0.1, 0.15) is 42.6 Å². The van der Waals surface area contributed by atoms with E-state index in [0.717, 1.165) is 11.3 Å². The molecular weight excluding hydrogens is 214 g/mol. The number of rotatable bonds is 2. The van der Waals surface area contributed by atoms with Gasteiger partial charge in [-0.15, -0.1) is 0 Å². The maximum Gasteiger partial charge on any atom is 0.335 e. The number of benzene rings is 1. The van der Waals surface area contributed by atoms with E-state index in [9.17, 15) is 4.79 Å². The smallest absolute Gasteiger partial charge is 0.335 e. The fourth-order valence-electron chi connectivity index (χ4n) is 2.69. The molecule has 0 amide bonds. The third-order valence-corrected chi connectivity index (χ3v) is 3.69. The molecule has 3 nitrogen and oxygen atoms in total. The number of carboxylic acids is 1. The van der Waals surface area contributed by atoms with Crippen LogP contribution in [0.2, 0.25) is 0 Å². The van der Waals surface area contributed by atoms with Crippen molar-refractivity contribution in [2.24, 2.45) is 0 Å². The van der Waals surface area contributed by atoms with Crippen LogP contribution in [-0.4, -0.2) is 23.2 Å². The first-order chi connectivity index (χ1) is 8.00. The third kappa shape index (κ3) is 2.14. The van der Waals surface area contributed by atoms with Crippen molar-refractivity contribution in [2.75, 3.05) is 4.90 Å². The Bertz CT molecular complexity index is 432. The highest BCUT2D eigenvalue weighted by atomic mass is 16.4. The maximum atomic E-state index is 11.0. The second-order valence-electron chi connectivity index (χ2n) is 4.99. The molecule has 1 aromatic rings. The Morgan fingerprint density at radius 1 is 1.29 bits per heavy atom. The number of aryl methyl sites for hydroxylation is 1. The number of hydrogen-bond donors (Lipinski definition) is 1. The van der Waals surface area contributed by atoms with Crippen molar-refractivity contribution >= 4 is 11.7 Å². The van der Waals surface area contributed by atoms with Gasteiger partial charge in [-0.1, -0.05) is 6.07 Å². The zero-order chi connectivity index (χ0) is 12.6. The van der Waals surface area contributed by atoms with Gasteiger partial charge in [-0.3, -0.25) is 0 Å². The summed E-state index contributed by atoms with van der Waals surface area (Å²) in [7, 11) is 0. The molecule has 1 saturated heterocycles. The highest BCUT2D eigenvalue weighted by molar-refractivity contribution is 5.89. The zero-order valence-electron chi connectivity index (χ0n) is 10.6. The second kappa shape index (κ2) is 4.40. The van der Waals surface area contributed by atoms with Crippen LogP contribution in [-0.2, 0) is 0 Å². The molecule has 0 unspecified atom stereocenters. The van der Waals surface area contributed by atoms with Gasteiger partial charge in [-0.2, -0.15) is 0 Å². The Labute approximate surface area is 102 Å². The molecule has 1 aliphatic rings. The first-order valence-electron chi connectivity index (χ1n) is 6.13. The Morgan fingerprint density at radius 3 is 2.41 bits per heavy atom. The average Bonchev–Trinajstić information content (AvgIpc) is 2.59. The topological polar surface area (TPSA) is 40.5 Å². The lowest BCUT2D eigenvalue weighted by atomic mass is 10.1. The standard InChI is InChI=1S/C14H19NO2/c1-9-4-7-12(14(16)17)8-13(9)15-10(2)5-6-11(15)3/h4,7-8,10-11H,5-6H2,1-3H3,(H,16,17)/t10-,11+. The largest absolute Gasteiger partial charge is 0.478 e. The second-order valence-corrected chi connectivity index (χ2v) is 4.99. The van der Waals surface area contributed by atoms with Crippen LogP contribution in [0.5, 0.6) is 0 Å². The quantitative estimate of drug-likeness (QED) is 0.853. The molecule has 92 valence electrons. The summed E-state index contributed by atoms with van der Waals surface area (Å²) < 4.78 is 0. The molecule has 2 atom stereocenters. The Morgan fingerprint density at radius 2 is 1.88 bits per heavy atom. The van der Waals surface area contributed by atoms with Crippen LogP contribution in [0.15, 0.2) is 18.2 Å². The van der Waals surface area contributed by atoms with Crippen molar-refractivity contribution in [1.29, 1.82) is 0 Å². The number of hydrogen-bond acceptors (Lipinski definition) is 2. The third-order valence-electron chi connectivity index (χ3n) is 3.69. The van der Waals surface area contributed by atoms with Gasteiger partial charge in [0.15, 0.2) is 0 Å². The zero-order valence-corrected chi connectivity index (χ0v) is 10.6. The number of carboxylic acid groups (broad SMARTS) is 1. The van der Waals surface area contributed by atoms with E-state index in [1.165, 1.54) is 12.8 Å². The highest BCUT2D eigenvalue weighted by Crippen LogP contribution is 2.33. The number of anilines is 1. The molecule has 1 aliphatic heterocycles. The molecule has 0 aromatic heterocycles. The summed E-state index contributed by atoms with van der Waals surface area (Å²) in [5, 5.41) is 9.06. The fraction of sp³-hybridized carbons (Fsp3) is 0.500. The van der Waals surface area contributed by atoms with Gasteiger partial charge in [0.25, 0.3) is 0 Å². The van der Waals surface area contributed by atoms with Gasteiger partial charge in [-0.05, 0) is 51.3 Å². The van der Waals surface area contributed by atoms with E-state index in [1.807, 2.05) is 13.0 Å². The fourth-order valence-corrected chi connectivity index (χ4v) is 2.69. The molecule has 3 heteroatoms. The minimum atomic E-state index is -0.856. The minimum Gasteiger partial charge on any atom is -0.478 e. The van der Waals surface area contributed by atoms with E-state index in [4.69, 9.17) is 5.11 Å². The van der Waals surface area contributed by atoms with E-state index in [0.29, 0.717) is 17.6 Å². The molecule has 0 aliphatic carbocycles. The Hall–Kier alpha value is -1.51. The molecule has 0 bridgehead atoms. The number of carbonyl (C=O) groups is 1. The van der Waals surface area contributed by atoms with E-state index >= 15 is 0 Å². The average molecular weight is 233 g/mol. The predicted octanol–water partition coefficient (Wildman–Crippen LogP) is 3.07. The van der Waals surface area contributed by atoms with Gasteiger partial charge in [0.2, 0.25) is 0 Å².